The van der Waals surface area contributed by atoms with Crippen molar-refractivity contribution in [2.24, 2.45) is 0 Å². The lowest BCUT2D eigenvalue weighted by Crippen LogP contribution is -2.26. The molecule has 1 aromatic heterocycles. The van der Waals surface area contributed by atoms with Crippen molar-refractivity contribution in [2.45, 2.75) is 23.5 Å². The number of anilines is 1. The highest BCUT2D eigenvalue weighted by Crippen LogP contribution is 2.25. The summed E-state index contributed by atoms with van der Waals surface area (Å²) in [7, 11) is -3.52. The Morgan fingerprint density at radius 2 is 2.12 bits per heavy atom. The molecule has 0 saturated carbocycles. The third-order valence-electron chi connectivity index (χ3n) is 3.67. The number of nitrogens with one attached hydrogen (secondary N) is 2. The number of sulfonamides is 1. The second kappa shape index (κ2) is 7.69. The van der Waals surface area contributed by atoms with Crippen LogP contribution in [0, 0.1) is 0 Å². The number of carbonyl (C=O) groups is 1. The highest BCUT2D eigenvalue weighted by molar-refractivity contribution is 7.98. The Bertz CT molecular complexity index is 817. The summed E-state index contributed by atoms with van der Waals surface area (Å²) in [6.07, 6.45) is 0.962. The van der Waals surface area contributed by atoms with Crippen LogP contribution >= 0.6 is 23.1 Å². The van der Waals surface area contributed by atoms with Gasteiger partial charge in [-0.25, -0.2) is 13.1 Å². The molecule has 1 aromatic carbocycles. The van der Waals surface area contributed by atoms with E-state index in [1.165, 1.54) is 11.6 Å². The maximum Gasteiger partial charge on any atom is 0.240 e. The van der Waals surface area contributed by atoms with Gasteiger partial charge in [-0.2, -0.15) is 23.1 Å². The van der Waals surface area contributed by atoms with E-state index in [2.05, 4.69) is 21.5 Å². The van der Waals surface area contributed by atoms with Crippen molar-refractivity contribution in [3.63, 3.8) is 0 Å². The van der Waals surface area contributed by atoms with Gasteiger partial charge in [-0.1, -0.05) is 0 Å². The lowest BCUT2D eigenvalue weighted by atomic mass is 10.0. The molecule has 5 nitrogen and oxygen atoms in total. The number of amides is 1. The normalized spacial score (nSPS) is 14.2. The fourth-order valence-electron chi connectivity index (χ4n) is 2.42. The molecule has 1 aliphatic rings. The minimum Gasteiger partial charge on any atom is -0.326 e. The Labute approximate surface area is 149 Å². The van der Waals surface area contributed by atoms with E-state index in [0.29, 0.717) is 25.1 Å². The van der Waals surface area contributed by atoms with Gasteiger partial charge in [0.25, 0.3) is 0 Å². The Balaban J connectivity index is 1.54. The van der Waals surface area contributed by atoms with Crippen LogP contribution in [0.15, 0.2) is 39.9 Å². The third-order valence-corrected chi connectivity index (χ3v) is 6.89. The first-order chi connectivity index (χ1) is 11.5. The second-order valence-electron chi connectivity index (χ2n) is 5.45. The first kappa shape index (κ1) is 17.5. The zero-order valence-electron chi connectivity index (χ0n) is 12.9. The molecule has 0 aliphatic carbocycles. The summed E-state index contributed by atoms with van der Waals surface area (Å²) in [6.45, 7) is 0.394. The zero-order valence-corrected chi connectivity index (χ0v) is 15.4. The molecule has 0 unspecified atom stereocenters. The summed E-state index contributed by atoms with van der Waals surface area (Å²) in [5, 5.41) is 6.89. The number of hydrogen-bond donors (Lipinski definition) is 2. The van der Waals surface area contributed by atoms with E-state index in [1.807, 2.05) is 5.38 Å². The fourth-order valence-corrected chi connectivity index (χ4v) is 5.21. The van der Waals surface area contributed by atoms with Gasteiger partial charge in [0.15, 0.2) is 0 Å². The summed E-state index contributed by atoms with van der Waals surface area (Å²) < 4.78 is 27.4. The molecule has 2 heterocycles. The summed E-state index contributed by atoms with van der Waals surface area (Å²) in [5.74, 6) is 1.58. The Kier molecular flexibility index (Phi) is 5.60. The molecule has 0 fully saturated rings. The molecule has 1 amide bonds. The first-order valence-electron chi connectivity index (χ1n) is 7.56. The highest BCUT2D eigenvalue weighted by atomic mass is 32.2. The van der Waals surface area contributed by atoms with E-state index in [9.17, 15) is 13.2 Å². The molecule has 0 spiro atoms. The van der Waals surface area contributed by atoms with E-state index in [1.54, 1.807) is 35.2 Å². The van der Waals surface area contributed by atoms with Gasteiger partial charge in [0.2, 0.25) is 15.9 Å². The van der Waals surface area contributed by atoms with Crippen molar-refractivity contribution >= 4 is 44.7 Å². The van der Waals surface area contributed by atoms with Crippen LogP contribution in [0.5, 0.6) is 0 Å². The van der Waals surface area contributed by atoms with Crippen LogP contribution in [0.1, 0.15) is 17.5 Å². The van der Waals surface area contributed by atoms with Crippen molar-refractivity contribution in [2.75, 3.05) is 17.6 Å². The Morgan fingerprint density at radius 3 is 2.92 bits per heavy atom. The van der Waals surface area contributed by atoms with Crippen molar-refractivity contribution in [1.29, 1.82) is 0 Å². The average Bonchev–Trinajstić information content (AvgIpc) is 3.07. The van der Waals surface area contributed by atoms with Gasteiger partial charge in [0.05, 0.1) is 4.90 Å². The van der Waals surface area contributed by atoms with Gasteiger partial charge in [0.1, 0.15) is 0 Å². The van der Waals surface area contributed by atoms with Crippen molar-refractivity contribution in [1.82, 2.24) is 4.72 Å². The molecule has 2 N–H and O–H groups in total. The Hall–Kier alpha value is -1.35. The topological polar surface area (TPSA) is 75.3 Å². The number of thioether (sulfide) groups is 1. The number of aryl methyl sites for hydroxylation is 1. The predicted molar refractivity (Wildman–Crippen MR) is 99.1 cm³/mol. The molecular weight excluding hydrogens is 364 g/mol. The van der Waals surface area contributed by atoms with Crippen LogP contribution in [0.3, 0.4) is 0 Å². The summed E-state index contributed by atoms with van der Waals surface area (Å²) in [5.41, 5.74) is 2.84. The minimum atomic E-state index is -3.52. The molecule has 0 radical (unpaired) electrons. The summed E-state index contributed by atoms with van der Waals surface area (Å²) in [6, 6.07) is 6.92. The highest BCUT2D eigenvalue weighted by Gasteiger charge is 2.19. The van der Waals surface area contributed by atoms with Gasteiger partial charge in [0, 0.05) is 30.2 Å². The number of hydrogen-bond acceptors (Lipinski definition) is 5. The second-order valence-corrected chi connectivity index (χ2v) is 9.10. The van der Waals surface area contributed by atoms with E-state index in [-0.39, 0.29) is 10.8 Å². The number of benzene rings is 1. The van der Waals surface area contributed by atoms with Crippen LogP contribution in [0.2, 0.25) is 0 Å². The number of carbonyl (C=O) groups excluding carboxylic acids is 1. The Morgan fingerprint density at radius 1 is 1.25 bits per heavy atom. The number of thiophene rings is 1. The predicted octanol–water partition coefficient (Wildman–Crippen LogP) is 2.84. The zero-order chi connectivity index (χ0) is 17.0. The van der Waals surface area contributed by atoms with Gasteiger partial charge >= 0.3 is 0 Å². The van der Waals surface area contributed by atoms with Crippen molar-refractivity contribution < 1.29 is 13.2 Å². The number of fused-ring (bicyclic) bond motifs is 1. The lowest BCUT2D eigenvalue weighted by molar-refractivity contribution is -0.116. The smallest absolute Gasteiger partial charge is 0.240 e. The maximum absolute atomic E-state index is 12.4. The summed E-state index contributed by atoms with van der Waals surface area (Å²) >= 11 is 3.37. The standard InChI is InChI=1S/C16H18N2O3S3/c19-16-4-1-13-9-14(2-3-15(13)18-16)24(20,21)17-6-8-23-11-12-5-7-22-10-12/h2-3,5,7,9-10,17H,1,4,6,8,11H2,(H,18,19). The van der Waals surface area contributed by atoms with Crippen LogP contribution in [-0.4, -0.2) is 26.6 Å². The molecule has 128 valence electrons. The third kappa shape index (κ3) is 4.38. The van der Waals surface area contributed by atoms with Crippen LogP contribution in [0.25, 0.3) is 0 Å². The largest absolute Gasteiger partial charge is 0.326 e. The molecule has 0 atom stereocenters. The van der Waals surface area contributed by atoms with Gasteiger partial charge < -0.3 is 5.32 Å². The van der Waals surface area contributed by atoms with Crippen LogP contribution in [0.4, 0.5) is 5.69 Å². The van der Waals surface area contributed by atoms with Crippen molar-refractivity contribution in [3.05, 3.63) is 46.2 Å². The molecule has 24 heavy (non-hydrogen) atoms. The van der Waals surface area contributed by atoms with Crippen LogP contribution < -0.4 is 10.0 Å². The minimum absolute atomic E-state index is 0.0288. The molecule has 0 saturated heterocycles. The molecule has 0 bridgehead atoms. The monoisotopic (exact) mass is 382 g/mol. The van der Waals surface area contributed by atoms with E-state index < -0.39 is 10.0 Å². The van der Waals surface area contributed by atoms with E-state index in [4.69, 9.17) is 0 Å². The number of rotatable bonds is 7. The lowest BCUT2D eigenvalue weighted by Gasteiger charge is -2.17. The van der Waals surface area contributed by atoms with Gasteiger partial charge in [-0.3, -0.25) is 4.79 Å². The van der Waals surface area contributed by atoms with Crippen molar-refractivity contribution in [3.8, 4) is 0 Å². The molecule has 1 aliphatic heterocycles. The molecule has 2 aromatic rings. The summed E-state index contributed by atoms with van der Waals surface area (Å²) in [4.78, 5) is 11.6. The first-order valence-corrected chi connectivity index (χ1v) is 11.1. The fraction of sp³-hybridized carbons (Fsp3) is 0.312. The average molecular weight is 383 g/mol. The van der Waals surface area contributed by atoms with E-state index in [0.717, 1.165) is 17.1 Å². The van der Waals surface area contributed by atoms with Crippen LogP contribution in [-0.2, 0) is 27.0 Å². The maximum atomic E-state index is 12.4. The van der Waals surface area contributed by atoms with Gasteiger partial charge in [-0.05, 0) is 52.6 Å². The SMILES string of the molecule is O=C1CCc2cc(S(=O)(=O)NCCSCc3ccsc3)ccc2N1. The molecule has 8 heteroatoms. The quantitative estimate of drug-likeness (QED) is 0.722. The molecular formula is C16H18N2O3S3. The van der Waals surface area contributed by atoms with E-state index >= 15 is 0 Å². The van der Waals surface area contributed by atoms with Gasteiger partial charge in [-0.15, -0.1) is 0 Å². The molecule has 3 rings (SSSR count).